The lowest BCUT2D eigenvalue weighted by molar-refractivity contribution is 0.182. The molecule has 96 valence electrons. The van der Waals surface area contributed by atoms with Gasteiger partial charge in [-0.05, 0) is 38.6 Å². The van der Waals surface area contributed by atoms with E-state index in [1.165, 1.54) is 11.3 Å². The third-order valence-electron chi connectivity index (χ3n) is 2.93. The summed E-state index contributed by atoms with van der Waals surface area (Å²) in [6.45, 7) is 7.03. The maximum absolute atomic E-state index is 5.22. The van der Waals surface area contributed by atoms with E-state index in [0.29, 0.717) is 6.04 Å². The zero-order valence-electron chi connectivity index (χ0n) is 11.4. The van der Waals surface area contributed by atoms with E-state index in [1.54, 1.807) is 7.11 Å². The quantitative estimate of drug-likeness (QED) is 0.786. The average Bonchev–Trinajstić information content (AvgIpc) is 2.33. The van der Waals surface area contributed by atoms with Crippen LogP contribution in [0.15, 0.2) is 24.3 Å². The van der Waals surface area contributed by atoms with E-state index in [9.17, 15) is 0 Å². The summed E-state index contributed by atoms with van der Waals surface area (Å²) >= 11 is 0. The number of likely N-dealkylation sites (N-methyl/N-ethyl adjacent to an activating group) is 1. The Kier molecular flexibility index (Phi) is 6.01. The van der Waals surface area contributed by atoms with Crippen LogP contribution in [-0.4, -0.2) is 33.4 Å². The van der Waals surface area contributed by atoms with Gasteiger partial charge in [-0.2, -0.15) is 0 Å². The summed E-state index contributed by atoms with van der Waals surface area (Å²) in [5.74, 6) is 0. The van der Waals surface area contributed by atoms with Crippen LogP contribution in [0.4, 0.5) is 5.69 Å². The van der Waals surface area contributed by atoms with E-state index in [2.05, 4.69) is 48.3 Å². The Labute approximate surface area is 105 Å². The Morgan fingerprint density at radius 1 is 1.29 bits per heavy atom. The number of anilines is 1. The number of nitrogens with zero attached hydrogens (tertiary/aromatic N) is 1. The van der Waals surface area contributed by atoms with Crippen molar-refractivity contribution in [1.82, 2.24) is 5.32 Å². The fourth-order valence-electron chi connectivity index (χ4n) is 2.09. The second-order valence-corrected chi connectivity index (χ2v) is 4.29. The molecule has 0 aliphatic heterocycles. The smallest absolute Gasteiger partial charge is 0.0663 e. The first-order valence-electron chi connectivity index (χ1n) is 6.22. The molecular weight excluding hydrogens is 212 g/mol. The maximum Gasteiger partial charge on any atom is 0.0663 e. The van der Waals surface area contributed by atoms with Crippen LogP contribution in [0.5, 0.6) is 0 Å². The molecule has 1 aromatic carbocycles. The molecule has 0 aliphatic carbocycles. The van der Waals surface area contributed by atoms with Gasteiger partial charge in [0.1, 0.15) is 0 Å². The van der Waals surface area contributed by atoms with E-state index in [0.717, 1.165) is 19.7 Å². The summed E-state index contributed by atoms with van der Waals surface area (Å²) in [7, 11) is 3.72. The zero-order chi connectivity index (χ0) is 12.7. The Balaban J connectivity index is 2.74. The van der Waals surface area contributed by atoms with Gasteiger partial charge in [-0.25, -0.2) is 0 Å². The lowest BCUT2D eigenvalue weighted by atomic mass is 10.1. The molecule has 0 radical (unpaired) electrons. The fourth-order valence-corrected chi connectivity index (χ4v) is 2.09. The molecule has 1 N–H and O–H groups in total. The molecule has 1 rings (SSSR count). The van der Waals surface area contributed by atoms with Crippen molar-refractivity contribution in [3.8, 4) is 0 Å². The number of ether oxygens (including phenoxy) is 1. The molecule has 0 aromatic heterocycles. The maximum atomic E-state index is 5.22. The molecule has 3 heteroatoms. The van der Waals surface area contributed by atoms with Crippen LogP contribution >= 0.6 is 0 Å². The van der Waals surface area contributed by atoms with Crippen molar-refractivity contribution in [1.29, 1.82) is 0 Å². The van der Waals surface area contributed by atoms with E-state index >= 15 is 0 Å². The minimum Gasteiger partial charge on any atom is -0.383 e. The van der Waals surface area contributed by atoms with Gasteiger partial charge < -0.3 is 15.0 Å². The topological polar surface area (TPSA) is 24.5 Å². The lowest BCUT2D eigenvalue weighted by Crippen LogP contribution is -2.36. The molecule has 0 spiro atoms. The number of hydrogen-bond acceptors (Lipinski definition) is 3. The van der Waals surface area contributed by atoms with E-state index in [1.807, 2.05) is 7.05 Å². The number of benzene rings is 1. The van der Waals surface area contributed by atoms with Gasteiger partial charge in [0.15, 0.2) is 0 Å². The number of nitrogens with one attached hydrogen (secondary N) is 1. The van der Waals surface area contributed by atoms with E-state index in [-0.39, 0.29) is 0 Å². The average molecular weight is 236 g/mol. The molecule has 3 nitrogen and oxygen atoms in total. The Hall–Kier alpha value is -1.06. The lowest BCUT2D eigenvalue weighted by Gasteiger charge is -2.29. The number of hydrogen-bond donors (Lipinski definition) is 1. The first-order valence-corrected chi connectivity index (χ1v) is 6.22. The summed E-state index contributed by atoms with van der Waals surface area (Å²) in [6.07, 6.45) is 0. The number of methoxy groups -OCH3 is 1. The van der Waals surface area contributed by atoms with Crippen molar-refractivity contribution in [3.63, 3.8) is 0 Å². The van der Waals surface area contributed by atoms with Gasteiger partial charge in [0.25, 0.3) is 0 Å². The standard InChI is InChI=1S/C14H24N2O/c1-5-16(12(2)11-17-4)14-8-6-13(7-9-14)10-15-3/h6-9,12,15H,5,10-11H2,1-4H3. The van der Waals surface area contributed by atoms with Gasteiger partial charge in [-0.1, -0.05) is 12.1 Å². The molecule has 0 amide bonds. The molecule has 0 heterocycles. The molecule has 1 aromatic rings. The first kappa shape index (κ1) is 14.0. The first-order chi connectivity index (χ1) is 8.22. The Morgan fingerprint density at radius 2 is 1.94 bits per heavy atom. The van der Waals surface area contributed by atoms with Crippen LogP contribution in [0.3, 0.4) is 0 Å². The SMILES string of the molecule is CCN(c1ccc(CNC)cc1)C(C)COC. The fraction of sp³-hybridized carbons (Fsp3) is 0.571. The highest BCUT2D eigenvalue weighted by atomic mass is 16.5. The highest BCUT2D eigenvalue weighted by molar-refractivity contribution is 5.48. The van der Waals surface area contributed by atoms with Crippen LogP contribution < -0.4 is 10.2 Å². The minimum absolute atomic E-state index is 0.403. The summed E-state index contributed by atoms with van der Waals surface area (Å²) in [5.41, 5.74) is 2.57. The summed E-state index contributed by atoms with van der Waals surface area (Å²) < 4.78 is 5.22. The van der Waals surface area contributed by atoms with Crippen molar-refractivity contribution in [2.75, 3.05) is 32.2 Å². The molecule has 0 saturated heterocycles. The molecule has 1 atom stereocenters. The Bertz CT molecular complexity index is 311. The predicted octanol–water partition coefficient (Wildman–Crippen LogP) is 2.27. The highest BCUT2D eigenvalue weighted by Gasteiger charge is 2.12. The predicted molar refractivity (Wildman–Crippen MR) is 73.6 cm³/mol. The van der Waals surface area contributed by atoms with Crippen molar-refractivity contribution in [3.05, 3.63) is 29.8 Å². The second kappa shape index (κ2) is 7.30. The molecule has 0 fully saturated rings. The van der Waals surface area contributed by atoms with Crippen LogP contribution in [0, 0.1) is 0 Å². The van der Waals surface area contributed by atoms with Gasteiger partial charge in [0.05, 0.1) is 6.61 Å². The van der Waals surface area contributed by atoms with Gasteiger partial charge in [-0.3, -0.25) is 0 Å². The second-order valence-electron chi connectivity index (χ2n) is 4.29. The summed E-state index contributed by atoms with van der Waals surface area (Å²) in [4.78, 5) is 2.35. The zero-order valence-corrected chi connectivity index (χ0v) is 11.4. The number of rotatable bonds is 7. The molecule has 0 bridgehead atoms. The summed E-state index contributed by atoms with van der Waals surface area (Å²) in [5, 5.41) is 3.16. The molecule has 0 aliphatic rings. The largest absolute Gasteiger partial charge is 0.383 e. The van der Waals surface area contributed by atoms with Crippen molar-refractivity contribution in [2.24, 2.45) is 0 Å². The Morgan fingerprint density at radius 3 is 2.41 bits per heavy atom. The van der Waals surface area contributed by atoms with Crippen LogP contribution in [0.25, 0.3) is 0 Å². The van der Waals surface area contributed by atoms with Gasteiger partial charge in [0, 0.05) is 31.9 Å². The van der Waals surface area contributed by atoms with E-state index in [4.69, 9.17) is 4.74 Å². The third-order valence-corrected chi connectivity index (χ3v) is 2.93. The molecule has 0 saturated carbocycles. The van der Waals surface area contributed by atoms with Gasteiger partial charge >= 0.3 is 0 Å². The normalized spacial score (nSPS) is 12.5. The molecule has 1 unspecified atom stereocenters. The van der Waals surface area contributed by atoms with E-state index < -0.39 is 0 Å². The molecular formula is C14H24N2O. The third kappa shape index (κ3) is 4.02. The highest BCUT2D eigenvalue weighted by Crippen LogP contribution is 2.17. The van der Waals surface area contributed by atoms with Crippen LogP contribution in [0.2, 0.25) is 0 Å². The summed E-state index contributed by atoms with van der Waals surface area (Å²) in [6, 6.07) is 9.12. The minimum atomic E-state index is 0.403. The van der Waals surface area contributed by atoms with Gasteiger partial charge in [-0.15, -0.1) is 0 Å². The van der Waals surface area contributed by atoms with Crippen molar-refractivity contribution >= 4 is 5.69 Å². The van der Waals surface area contributed by atoms with Crippen LogP contribution in [-0.2, 0) is 11.3 Å². The monoisotopic (exact) mass is 236 g/mol. The van der Waals surface area contributed by atoms with Crippen molar-refractivity contribution < 1.29 is 4.74 Å². The van der Waals surface area contributed by atoms with Gasteiger partial charge in [0.2, 0.25) is 0 Å². The van der Waals surface area contributed by atoms with Crippen molar-refractivity contribution in [2.45, 2.75) is 26.4 Å². The van der Waals surface area contributed by atoms with Crippen LogP contribution in [0.1, 0.15) is 19.4 Å². The molecule has 17 heavy (non-hydrogen) atoms.